The second-order valence-electron chi connectivity index (χ2n) is 8.02. The largest absolute Gasteiger partial charge is 0.495 e. The van der Waals surface area contributed by atoms with Crippen molar-refractivity contribution in [1.82, 2.24) is 5.32 Å². The summed E-state index contributed by atoms with van der Waals surface area (Å²) < 4.78 is 49.2. The van der Waals surface area contributed by atoms with Crippen LogP contribution in [0.4, 0.5) is 15.8 Å². The molecule has 0 unspecified atom stereocenters. The Labute approximate surface area is 186 Å². The molecule has 31 heavy (non-hydrogen) atoms. The van der Waals surface area contributed by atoms with Gasteiger partial charge < -0.3 is 15.0 Å². The minimum absolute atomic E-state index is 0.171. The fourth-order valence-electron chi connectivity index (χ4n) is 4.13. The van der Waals surface area contributed by atoms with Gasteiger partial charge in [-0.1, -0.05) is 0 Å². The predicted octanol–water partition coefficient (Wildman–Crippen LogP) is 4.34. The topological polar surface area (TPSA) is 70.7 Å². The molecule has 0 radical (unpaired) electrons. The average molecular weight is 464 g/mol. The van der Waals surface area contributed by atoms with E-state index in [1.807, 2.05) is 12.1 Å². The zero-order chi connectivity index (χ0) is 22.3. The van der Waals surface area contributed by atoms with E-state index in [0.29, 0.717) is 34.5 Å². The maximum absolute atomic E-state index is 13.7. The minimum Gasteiger partial charge on any atom is -0.495 e. The number of nitrogens with one attached hydrogen (secondary N) is 2. The van der Waals surface area contributed by atoms with E-state index in [1.165, 1.54) is 19.2 Å². The van der Waals surface area contributed by atoms with Crippen LogP contribution >= 0.6 is 11.3 Å². The molecule has 0 spiro atoms. The van der Waals surface area contributed by atoms with Gasteiger partial charge in [-0.2, -0.15) is 0 Å². The lowest BCUT2D eigenvalue weighted by molar-refractivity contribution is 0.406. The molecule has 3 aromatic rings. The number of hydrogen-bond acceptors (Lipinski definition) is 6. The van der Waals surface area contributed by atoms with Gasteiger partial charge in [0, 0.05) is 35.6 Å². The van der Waals surface area contributed by atoms with Crippen LogP contribution in [0.3, 0.4) is 0 Å². The van der Waals surface area contributed by atoms with Gasteiger partial charge in [-0.25, -0.2) is 12.8 Å². The quantitative estimate of drug-likeness (QED) is 0.589. The molecule has 0 saturated carbocycles. The molecule has 2 heterocycles. The number of methoxy groups -OCH3 is 1. The van der Waals surface area contributed by atoms with E-state index in [2.05, 4.69) is 28.8 Å². The van der Waals surface area contributed by atoms with Gasteiger partial charge in [-0.3, -0.25) is 4.72 Å². The molecule has 4 rings (SSSR count). The first-order chi connectivity index (χ1) is 14.7. The van der Waals surface area contributed by atoms with E-state index in [1.54, 1.807) is 19.1 Å². The van der Waals surface area contributed by atoms with E-state index in [0.717, 1.165) is 34.8 Å². The van der Waals surface area contributed by atoms with Gasteiger partial charge in [0.25, 0.3) is 10.0 Å². The molecular weight excluding hydrogens is 437 g/mol. The molecule has 1 aliphatic rings. The molecule has 0 aliphatic carbocycles. The molecule has 2 aromatic carbocycles. The molecule has 6 nitrogen and oxygen atoms in total. The monoisotopic (exact) mass is 463 g/mol. The van der Waals surface area contributed by atoms with Crippen molar-refractivity contribution in [2.75, 3.05) is 29.8 Å². The summed E-state index contributed by atoms with van der Waals surface area (Å²) in [7, 11) is -2.38. The Balaban J connectivity index is 1.70. The Morgan fingerprint density at radius 3 is 2.55 bits per heavy atom. The fraction of sp³-hybridized carbons (Fsp3) is 0.364. The smallest absolute Gasteiger partial charge is 0.271 e. The molecular formula is C22H26FN3O3S2. The molecule has 0 bridgehead atoms. The Morgan fingerprint density at radius 1 is 1.16 bits per heavy atom. The van der Waals surface area contributed by atoms with Crippen LogP contribution in [0, 0.1) is 12.7 Å². The van der Waals surface area contributed by atoms with Crippen LogP contribution in [-0.2, 0) is 10.0 Å². The summed E-state index contributed by atoms with van der Waals surface area (Å²) in [6.45, 7) is 7.60. The first-order valence-electron chi connectivity index (χ1n) is 10.1. The molecule has 1 aromatic heterocycles. The van der Waals surface area contributed by atoms with Crippen molar-refractivity contribution in [3.05, 3.63) is 47.8 Å². The molecule has 9 heteroatoms. The third kappa shape index (κ3) is 4.35. The van der Waals surface area contributed by atoms with Gasteiger partial charge in [0.1, 0.15) is 15.8 Å². The Kier molecular flexibility index (Phi) is 5.85. The van der Waals surface area contributed by atoms with E-state index in [-0.39, 0.29) is 10.0 Å². The number of benzene rings is 2. The summed E-state index contributed by atoms with van der Waals surface area (Å²) in [5, 5.41) is 4.10. The van der Waals surface area contributed by atoms with Gasteiger partial charge in [0.2, 0.25) is 0 Å². The maximum atomic E-state index is 13.7. The van der Waals surface area contributed by atoms with Crippen molar-refractivity contribution in [3.63, 3.8) is 0 Å². The van der Waals surface area contributed by atoms with Gasteiger partial charge in [0.05, 0.1) is 12.8 Å². The summed E-state index contributed by atoms with van der Waals surface area (Å²) in [5.74, 6) is 0.0486. The van der Waals surface area contributed by atoms with Gasteiger partial charge >= 0.3 is 0 Å². The van der Waals surface area contributed by atoms with Crippen LogP contribution in [0.5, 0.6) is 5.75 Å². The van der Waals surface area contributed by atoms with Crippen LogP contribution in [0.25, 0.3) is 10.1 Å². The van der Waals surface area contributed by atoms with Crippen LogP contribution in [-0.4, -0.2) is 40.7 Å². The summed E-state index contributed by atoms with van der Waals surface area (Å²) in [6, 6.07) is 10.5. The van der Waals surface area contributed by atoms with E-state index in [4.69, 9.17) is 4.74 Å². The van der Waals surface area contributed by atoms with Crippen molar-refractivity contribution in [3.8, 4) is 5.75 Å². The van der Waals surface area contributed by atoms with Crippen molar-refractivity contribution in [2.45, 2.75) is 37.1 Å². The number of anilines is 2. The third-order valence-electron chi connectivity index (χ3n) is 5.45. The van der Waals surface area contributed by atoms with Crippen molar-refractivity contribution < 1.29 is 17.5 Å². The first-order valence-corrected chi connectivity index (χ1v) is 12.4. The molecule has 2 atom stereocenters. The van der Waals surface area contributed by atoms with Crippen molar-refractivity contribution in [2.24, 2.45) is 0 Å². The van der Waals surface area contributed by atoms with Gasteiger partial charge in [0.15, 0.2) is 0 Å². The normalized spacial score (nSPS) is 19.6. The summed E-state index contributed by atoms with van der Waals surface area (Å²) >= 11 is 1.13. The fourth-order valence-corrected chi connectivity index (χ4v) is 6.94. The number of thiophene rings is 1. The lowest BCUT2D eigenvalue weighted by Gasteiger charge is -2.38. The highest BCUT2D eigenvalue weighted by molar-refractivity contribution is 7.95. The van der Waals surface area contributed by atoms with Crippen LogP contribution < -0.4 is 19.7 Å². The van der Waals surface area contributed by atoms with Crippen LogP contribution in [0.1, 0.15) is 19.4 Å². The number of nitrogens with zero attached hydrogens (tertiary/aromatic N) is 1. The Hall–Kier alpha value is -2.36. The number of rotatable bonds is 5. The molecule has 1 saturated heterocycles. The molecule has 2 N–H and O–H groups in total. The summed E-state index contributed by atoms with van der Waals surface area (Å²) in [6.07, 6.45) is 0. The number of halogens is 1. The maximum Gasteiger partial charge on any atom is 0.271 e. The number of aryl methyl sites for hydroxylation is 1. The zero-order valence-corrected chi connectivity index (χ0v) is 19.5. The Morgan fingerprint density at radius 2 is 1.87 bits per heavy atom. The number of sulfonamides is 1. The number of ether oxygens (including phenoxy) is 1. The summed E-state index contributed by atoms with van der Waals surface area (Å²) in [4.78, 5) is 2.23. The standard InChI is InChI=1S/C22H26FN3O3S2/c1-13-11-26(12-14(2)24-13)17-6-7-20(29-4)19(10-17)25-31(27,28)22-15(3)18-9-16(23)5-8-21(18)30-22/h5-10,13-14,24-25H,11-12H2,1-4H3/t13-,14+. The van der Waals surface area contributed by atoms with E-state index in [9.17, 15) is 12.8 Å². The number of piperazine rings is 1. The second-order valence-corrected chi connectivity index (χ2v) is 10.9. The second kappa shape index (κ2) is 8.29. The van der Waals surface area contributed by atoms with E-state index < -0.39 is 10.0 Å². The highest BCUT2D eigenvalue weighted by Crippen LogP contribution is 2.37. The molecule has 1 fully saturated rings. The van der Waals surface area contributed by atoms with Crippen LogP contribution in [0.2, 0.25) is 0 Å². The predicted molar refractivity (Wildman–Crippen MR) is 125 cm³/mol. The van der Waals surface area contributed by atoms with Gasteiger partial charge in [-0.05, 0) is 68.1 Å². The SMILES string of the molecule is COc1ccc(N2C[C@@H](C)N[C@@H](C)C2)cc1NS(=O)(=O)c1sc2ccc(F)cc2c1C. The average Bonchev–Trinajstić information content (AvgIpc) is 3.04. The zero-order valence-electron chi connectivity index (χ0n) is 17.9. The first kappa shape index (κ1) is 21.9. The van der Waals surface area contributed by atoms with Crippen LogP contribution in [0.15, 0.2) is 40.6 Å². The molecule has 166 valence electrons. The van der Waals surface area contributed by atoms with Gasteiger partial charge in [-0.15, -0.1) is 11.3 Å². The molecule has 0 amide bonds. The number of hydrogen-bond donors (Lipinski definition) is 2. The number of fused-ring (bicyclic) bond motifs is 1. The van der Waals surface area contributed by atoms with E-state index >= 15 is 0 Å². The van der Waals surface area contributed by atoms with Crippen molar-refractivity contribution in [1.29, 1.82) is 0 Å². The lowest BCUT2D eigenvalue weighted by atomic mass is 10.1. The lowest BCUT2D eigenvalue weighted by Crippen LogP contribution is -2.54. The third-order valence-corrected chi connectivity index (χ3v) is 8.71. The minimum atomic E-state index is -3.89. The molecule has 1 aliphatic heterocycles. The summed E-state index contributed by atoms with van der Waals surface area (Å²) in [5.41, 5.74) is 1.84. The highest BCUT2D eigenvalue weighted by atomic mass is 32.2. The van der Waals surface area contributed by atoms with Crippen molar-refractivity contribution >= 4 is 42.8 Å². The highest BCUT2D eigenvalue weighted by Gasteiger charge is 2.25. The Bertz CT molecular complexity index is 1220.